The zero-order chi connectivity index (χ0) is 16.8. The van der Waals surface area contributed by atoms with Crippen LogP contribution >= 0.6 is 0 Å². The highest BCUT2D eigenvalue weighted by Gasteiger charge is 2.25. The van der Waals surface area contributed by atoms with Crippen LogP contribution in [0.5, 0.6) is 0 Å². The molecule has 2 fully saturated rings. The topological polar surface area (TPSA) is 70.6 Å². The van der Waals surface area contributed by atoms with Gasteiger partial charge in [-0.2, -0.15) is 0 Å². The normalized spacial score (nSPS) is 22.4. The van der Waals surface area contributed by atoms with Gasteiger partial charge in [-0.3, -0.25) is 14.7 Å². The molecule has 0 spiro atoms. The minimum absolute atomic E-state index is 0.231. The van der Waals surface area contributed by atoms with Gasteiger partial charge < -0.3 is 15.0 Å². The van der Waals surface area contributed by atoms with E-state index in [1.807, 2.05) is 11.9 Å². The Labute approximate surface area is 143 Å². The molecule has 0 radical (unpaired) electrons. The Morgan fingerprint density at radius 1 is 1.29 bits per heavy atom. The molecule has 2 aliphatic rings. The molecule has 3 rings (SSSR count). The molecule has 1 atom stereocenters. The number of aromatic nitrogens is 2. The summed E-state index contributed by atoms with van der Waals surface area (Å²) in [6.07, 6.45) is 6.69. The second-order valence-corrected chi connectivity index (χ2v) is 6.54. The van der Waals surface area contributed by atoms with Gasteiger partial charge in [0.1, 0.15) is 5.82 Å². The summed E-state index contributed by atoms with van der Waals surface area (Å²) in [6, 6.07) is 0. The van der Waals surface area contributed by atoms with E-state index in [9.17, 15) is 4.79 Å². The molecular formula is C17H27N5O2. The van der Waals surface area contributed by atoms with Crippen molar-refractivity contribution in [3.8, 4) is 0 Å². The number of carbonyl (C=O) groups excluding carboxylic acids is 1. The summed E-state index contributed by atoms with van der Waals surface area (Å²) < 4.78 is 5.32. The average molecular weight is 333 g/mol. The maximum atomic E-state index is 12.4. The maximum Gasteiger partial charge on any atom is 0.236 e. The summed E-state index contributed by atoms with van der Waals surface area (Å²) in [6.45, 7) is 5.25. The van der Waals surface area contributed by atoms with Crippen molar-refractivity contribution >= 4 is 11.7 Å². The highest BCUT2D eigenvalue weighted by atomic mass is 16.5. The third-order valence-corrected chi connectivity index (χ3v) is 4.82. The van der Waals surface area contributed by atoms with E-state index >= 15 is 0 Å². The van der Waals surface area contributed by atoms with Crippen molar-refractivity contribution in [2.24, 2.45) is 5.92 Å². The molecule has 7 nitrogen and oxygen atoms in total. The predicted octanol–water partition coefficient (Wildman–Crippen LogP) is 0.632. The number of nitrogens with zero attached hydrogens (tertiary/aromatic N) is 4. The van der Waals surface area contributed by atoms with Gasteiger partial charge >= 0.3 is 0 Å². The summed E-state index contributed by atoms with van der Waals surface area (Å²) in [5, 5.41) is 3.11. The Balaban J connectivity index is 1.53. The van der Waals surface area contributed by atoms with Gasteiger partial charge in [-0.05, 0) is 31.7 Å². The molecule has 1 aromatic heterocycles. The SMILES string of the molecule is CNc1nccnc1CC1CCCN(CC(=O)N2CCOCC2)C1. The van der Waals surface area contributed by atoms with Crippen molar-refractivity contribution in [3.05, 3.63) is 18.1 Å². The van der Waals surface area contributed by atoms with Crippen LogP contribution in [-0.4, -0.2) is 78.7 Å². The molecule has 0 aromatic carbocycles. The Hall–Kier alpha value is -1.73. The molecule has 0 bridgehead atoms. The van der Waals surface area contributed by atoms with Crippen LogP contribution in [0.25, 0.3) is 0 Å². The highest BCUT2D eigenvalue weighted by molar-refractivity contribution is 5.78. The lowest BCUT2D eigenvalue weighted by atomic mass is 9.93. The van der Waals surface area contributed by atoms with Crippen LogP contribution in [0.3, 0.4) is 0 Å². The van der Waals surface area contributed by atoms with Crippen LogP contribution in [0.2, 0.25) is 0 Å². The number of likely N-dealkylation sites (tertiary alicyclic amines) is 1. The molecule has 2 aliphatic heterocycles. The lowest BCUT2D eigenvalue weighted by Crippen LogP contribution is -2.48. The fourth-order valence-electron chi connectivity index (χ4n) is 3.56. The Bertz CT molecular complexity index is 548. The smallest absolute Gasteiger partial charge is 0.236 e. The Morgan fingerprint density at radius 3 is 2.88 bits per heavy atom. The molecule has 1 N–H and O–H groups in total. The number of amides is 1. The van der Waals surface area contributed by atoms with Crippen molar-refractivity contribution in [2.45, 2.75) is 19.3 Å². The zero-order valence-corrected chi connectivity index (χ0v) is 14.4. The maximum absolute atomic E-state index is 12.4. The third kappa shape index (κ3) is 4.42. The average Bonchev–Trinajstić information content (AvgIpc) is 2.63. The number of hydrogen-bond donors (Lipinski definition) is 1. The van der Waals surface area contributed by atoms with E-state index < -0.39 is 0 Å². The standard InChI is InChI=1S/C17H27N5O2/c1-18-17-15(19-4-5-20-17)11-14-3-2-6-21(12-14)13-16(23)22-7-9-24-10-8-22/h4-5,14H,2-3,6-13H2,1H3,(H,18,20). The number of hydrogen-bond acceptors (Lipinski definition) is 6. The Kier molecular flexibility index (Phi) is 5.98. The third-order valence-electron chi connectivity index (χ3n) is 4.82. The van der Waals surface area contributed by atoms with Gasteiger partial charge in [-0.1, -0.05) is 0 Å². The van der Waals surface area contributed by atoms with Crippen molar-refractivity contribution < 1.29 is 9.53 Å². The van der Waals surface area contributed by atoms with Gasteiger partial charge in [0.25, 0.3) is 0 Å². The first-order valence-electron chi connectivity index (χ1n) is 8.82. The molecule has 0 saturated carbocycles. The first kappa shape index (κ1) is 17.1. The van der Waals surface area contributed by atoms with E-state index in [2.05, 4.69) is 20.2 Å². The molecule has 1 aromatic rings. The monoisotopic (exact) mass is 333 g/mol. The fraction of sp³-hybridized carbons (Fsp3) is 0.706. The fourth-order valence-corrected chi connectivity index (χ4v) is 3.56. The minimum Gasteiger partial charge on any atom is -0.378 e. The predicted molar refractivity (Wildman–Crippen MR) is 91.8 cm³/mol. The van der Waals surface area contributed by atoms with Crippen molar-refractivity contribution in [3.63, 3.8) is 0 Å². The summed E-state index contributed by atoms with van der Waals surface area (Å²) in [5.41, 5.74) is 1.02. The van der Waals surface area contributed by atoms with Gasteiger partial charge in [0.05, 0.1) is 25.5 Å². The number of anilines is 1. The molecule has 3 heterocycles. The summed E-state index contributed by atoms with van der Waals surface area (Å²) >= 11 is 0. The second kappa shape index (κ2) is 8.39. The number of morpholine rings is 1. The van der Waals surface area contributed by atoms with Crippen molar-refractivity contribution in [1.29, 1.82) is 0 Å². The van der Waals surface area contributed by atoms with E-state index in [4.69, 9.17) is 4.74 Å². The quantitative estimate of drug-likeness (QED) is 0.852. The van der Waals surface area contributed by atoms with Crippen LogP contribution in [-0.2, 0) is 16.0 Å². The second-order valence-electron chi connectivity index (χ2n) is 6.54. The first-order valence-corrected chi connectivity index (χ1v) is 8.82. The van der Waals surface area contributed by atoms with Gasteiger partial charge in [-0.25, -0.2) is 4.98 Å². The van der Waals surface area contributed by atoms with Crippen LogP contribution in [0.15, 0.2) is 12.4 Å². The zero-order valence-electron chi connectivity index (χ0n) is 14.4. The summed E-state index contributed by atoms with van der Waals surface area (Å²) in [5.74, 6) is 1.62. The lowest BCUT2D eigenvalue weighted by Gasteiger charge is -2.34. The van der Waals surface area contributed by atoms with E-state index in [0.29, 0.717) is 25.7 Å². The van der Waals surface area contributed by atoms with Gasteiger partial charge in [-0.15, -0.1) is 0 Å². The Morgan fingerprint density at radius 2 is 2.08 bits per heavy atom. The highest BCUT2D eigenvalue weighted by Crippen LogP contribution is 2.22. The summed E-state index contributed by atoms with van der Waals surface area (Å²) in [7, 11) is 1.88. The number of carbonyl (C=O) groups is 1. The molecule has 1 unspecified atom stereocenters. The molecule has 2 saturated heterocycles. The van der Waals surface area contributed by atoms with Crippen LogP contribution in [0, 0.1) is 5.92 Å². The molecular weight excluding hydrogens is 306 g/mol. The number of rotatable bonds is 5. The molecule has 1 amide bonds. The van der Waals surface area contributed by atoms with E-state index in [1.54, 1.807) is 12.4 Å². The van der Waals surface area contributed by atoms with Gasteiger partial charge in [0.2, 0.25) is 5.91 Å². The van der Waals surface area contributed by atoms with Crippen LogP contribution in [0.4, 0.5) is 5.82 Å². The lowest BCUT2D eigenvalue weighted by molar-refractivity contribution is -0.136. The number of ether oxygens (including phenoxy) is 1. The van der Waals surface area contributed by atoms with E-state index in [0.717, 1.165) is 50.5 Å². The largest absolute Gasteiger partial charge is 0.378 e. The molecule has 132 valence electrons. The first-order chi connectivity index (χ1) is 11.8. The van der Waals surface area contributed by atoms with Crippen molar-refractivity contribution in [1.82, 2.24) is 19.8 Å². The molecule has 0 aliphatic carbocycles. The molecule has 7 heteroatoms. The minimum atomic E-state index is 0.231. The van der Waals surface area contributed by atoms with Gasteiger partial charge in [0.15, 0.2) is 0 Å². The van der Waals surface area contributed by atoms with E-state index in [-0.39, 0.29) is 5.91 Å². The van der Waals surface area contributed by atoms with Crippen LogP contribution in [0.1, 0.15) is 18.5 Å². The molecule has 24 heavy (non-hydrogen) atoms. The number of piperidine rings is 1. The van der Waals surface area contributed by atoms with Gasteiger partial charge in [0, 0.05) is 39.1 Å². The summed E-state index contributed by atoms with van der Waals surface area (Å²) in [4.78, 5) is 25.4. The van der Waals surface area contributed by atoms with Crippen molar-refractivity contribution in [2.75, 3.05) is 58.3 Å². The van der Waals surface area contributed by atoms with Crippen LogP contribution < -0.4 is 5.32 Å². The number of nitrogens with one attached hydrogen (secondary N) is 1. The van der Waals surface area contributed by atoms with E-state index in [1.165, 1.54) is 6.42 Å².